The molecule has 5 unspecified atom stereocenters. The molecule has 4 N–H and O–H groups in total. The topological polar surface area (TPSA) is 129 Å². The highest BCUT2D eigenvalue weighted by Crippen LogP contribution is 2.34. The maximum atomic E-state index is 10.4. The van der Waals surface area contributed by atoms with Crippen LogP contribution in [0.2, 0.25) is 5.02 Å². The van der Waals surface area contributed by atoms with Gasteiger partial charge in [0, 0.05) is 11.4 Å². The van der Waals surface area contributed by atoms with E-state index in [0.717, 1.165) is 5.52 Å². The Hall–Kier alpha value is -2.20. The fourth-order valence-electron chi connectivity index (χ4n) is 3.45. The summed E-state index contributed by atoms with van der Waals surface area (Å²) >= 11 is 6.34. The number of fused-ring (bicyclic) bond motifs is 1. The molecule has 3 aromatic rings. The predicted octanol–water partition coefficient (Wildman–Crippen LogP) is 0.784. The molecular formula is C20H20ClN3O5. The van der Waals surface area contributed by atoms with Gasteiger partial charge in [0.2, 0.25) is 0 Å². The summed E-state index contributed by atoms with van der Waals surface area (Å²) in [5, 5.41) is 48.5. The van der Waals surface area contributed by atoms with E-state index >= 15 is 0 Å². The van der Waals surface area contributed by atoms with Crippen LogP contribution in [-0.4, -0.2) is 66.6 Å². The zero-order valence-electron chi connectivity index (χ0n) is 15.3. The van der Waals surface area contributed by atoms with Crippen LogP contribution in [0.3, 0.4) is 0 Å². The third kappa shape index (κ3) is 3.95. The summed E-state index contributed by atoms with van der Waals surface area (Å²) in [4.78, 5) is 4.50. The van der Waals surface area contributed by atoms with E-state index in [9.17, 15) is 20.4 Å². The molecule has 29 heavy (non-hydrogen) atoms. The Kier molecular flexibility index (Phi) is 5.73. The van der Waals surface area contributed by atoms with Gasteiger partial charge in [0.1, 0.15) is 36.0 Å². The highest BCUT2D eigenvalue weighted by Gasteiger charge is 2.44. The number of rotatable bonds is 4. The maximum absolute atomic E-state index is 10.4. The van der Waals surface area contributed by atoms with E-state index in [1.54, 1.807) is 18.2 Å². The Bertz CT molecular complexity index is 1020. The van der Waals surface area contributed by atoms with Gasteiger partial charge in [0.25, 0.3) is 0 Å². The number of ether oxygens (including phenoxy) is 1. The van der Waals surface area contributed by atoms with E-state index in [4.69, 9.17) is 16.3 Å². The number of aromatic nitrogens is 3. The van der Waals surface area contributed by atoms with Crippen molar-refractivity contribution < 1.29 is 25.2 Å². The standard InChI is InChI=1S/C20H20ClN3O5/c21-12-6-5-10(20-19(28)18(27)17(26)15(9-25)29-20)7-11(12)8-16-22-13-3-1-2-4-14(13)23-24-16/h1-7,15,17-20,25-28H,8-9H2. The van der Waals surface area contributed by atoms with Crippen LogP contribution in [0.4, 0.5) is 0 Å². The van der Waals surface area contributed by atoms with E-state index in [1.807, 2.05) is 24.3 Å². The Labute approximate surface area is 171 Å². The summed E-state index contributed by atoms with van der Waals surface area (Å²) < 4.78 is 5.62. The molecule has 0 amide bonds. The summed E-state index contributed by atoms with van der Waals surface area (Å²) in [6.07, 6.45) is -5.82. The SMILES string of the molecule is OCC1OC(c2ccc(Cl)c(Cc3nnc4ccccc4n3)c2)C(O)C(O)C1O. The molecule has 2 heterocycles. The molecule has 1 fully saturated rings. The minimum Gasteiger partial charge on any atom is -0.394 e. The molecule has 8 nitrogen and oxygen atoms in total. The van der Waals surface area contributed by atoms with Crippen LogP contribution < -0.4 is 0 Å². The Morgan fingerprint density at radius 3 is 2.45 bits per heavy atom. The van der Waals surface area contributed by atoms with E-state index in [1.165, 1.54) is 0 Å². The van der Waals surface area contributed by atoms with Gasteiger partial charge in [0.05, 0.1) is 12.1 Å². The van der Waals surface area contributed by atoms with Crippen LogP contribution >= 0.6 is 11.6 Å². The second kappa shape index (κ2) is 8.27. The number of nitrogens with zero attached hydrogens (tertiary/aromatic N) is 3. The van der Waals surface area contributed by atoms with Crippen molar-refractivity contribution in [3.05, 3.63) is 64.4 Å². The molecule has 2 aromatic carbocycles. The van der Waals surface area contributed by atoms with Gasteiger partial charge in [0.15, 0.2) is 5.82 Å². The average molecular weight is 418 g/mol. The van der Waals surface area contributed by atoms with Gasteiger partial charge in [-0.2, -0.15) is 0 Å². The van der Waals surface area contributed by atoms with E-state index in [-0.39, 0.29) is 0 Å². The van der Waals surface area contributed by atoms with Crippen LogP contribution in [0.1, 0.15) is 23.1 Å². The number of aliphatic hydroxyl groups excluding tert-OH is 4. The molecule has 152 valence electrons. The highest BCUT2D eigenvalue weighted by molar-refractivity contribution is 6.31. The lowest BCUT2D eigenvalue weighted by Crippen LogP contribution is -2.55. The molecule has 0 bridgehead atoms. The van der Waals surface area contributed by atoms with Crippen molar-refractivity contribution in [2.75, 3.05) is 6.61 Å². The van der Waals surface area contributed by atoms with Crippen LogP contribution in [0.25, 0.3) is 11.0 Å². The predicted molar refractivity (Wildman–Crippen MR) is 104 cm³/mol. The number of hydrogen-bond donors (Lipinski definition) is 4. The summed E-state index contributed by atoms with van der Waals surface area (Å²) in [6, 6.07) is 12.5. The first-order valence-corrected chi connectivity index (χ1v) is 9.53. The molecule has 9 heteroatoms. The van der Waals surface area contributed by atoms with Crippen molar-refractivity contribution in [2.24, 2.45) is 0 Å². The zero-order chi connectivity index (χ0) is 20.5. The maximum Gasteiger partial charge on any atom is 0.156 e. The molecule has 0 spiro atoms. The van der Waals surface area contributed by atoms with E-state index < -0.39 is 37.1 Å². The van der Waals surface area contributed by atoms with Crippen molar-refractivity contribution in [3.63, 3.8) is 0 Å². The smallest absolute Gasteiger partial charge is 0.156 e. The number of para-hydroxylation sites is 1. The molecule has 1 aliphatic rings. The molecule has 1 aromatic heterocycles. The van der Waals surface area contributed by atoms with Crippen LogP contribution in [0.15, 0.2) is 42.5 Å². The van der Waals surface area contributed by atoms with Gasteiger partial charge in [-0.25, -0.2) is 4.98 Å². The van der Waals surface area contributed by atoms with Gasteiger partial charge >= 0.3 is 0 Å². The largest absolute Gasteiger partial charge is 0.394 e. The molecule has 0 aliphatic carbocycles. The first-order chi connectivity index (χ1) is 14.0. The number of benzene rings is 2. The van der Waals surface area contributed by atoms with Crippen molar-refractivity contribution in [1.29, 1.82) is 0 Å². The first kappa shape index (κ1) is 20.1. The third-order valence-electron chi connectivity index (χ3n) is 5.04. The minimum atomic E-state index is -1.45. The van der Waals surface area contributed by atoms with Crippen molar-refractivity contribution in [2.45, 2.75) is 36.9 Å². The number of hydrogen-bond acceptors (Lipinski definition) is 8. The first-order valence-electron chi connectivity index (χ1n) is 9.15. The number of aliphatic hydroxyl groups is 4. The molecule has 0 radical (unpaired) electrons. The highest BCUT2D eigenvalue weighted by atomic mass is 35.5. The lowest BCUT2D eigenvalue weighted by molar-refractivity contribution is -0.231. The van der Waals surface area contributed by atoms with Crippen LogP contribution in [-0.2, 0) is 11.2 Å². The van der Waals surface area contributed by atoms with Crippen molar-refractivity contribution in [3.8, 4) is 0 Å². The average Bonchev–Trinajstić information content (AvgIpc) is 2.74. The quantitative estimate of drug-likeness (QED) is 0.490. The normalized spacial score (nSPS) is 27.3. The summed E-state index contributed by atoms with van der Waals surface area (Å²) in [7, 11) is 0. The summed E-state index contributed by atoms with van der Waals surface area (Å²) in [5.41, 5.74) is 2.66. The number of halogens is 1. The van der Waals surface area contributed by atoms with Crippen LogP contribution in [0, 0.1) is 0 Å². The summed E-state index contributed by atoms with van der Waals surface area (Å²) in [5.74, 6) is 0.483. The fraction of sp³-hybridized carbons (Fsp3) is 0.350. The molecular weight excluding hydrogens is 398 g/mol. The lowest BCUT2D eigenvalue weighted by Gasteiger charge is -2.40. The second-order valence-electron chi connectivity index (χ2n) is 6.99. The molecule has 4 rings (SSSR count). The Morgan fingerprint density at radius 1 is 0.931 bits per heavy atom. The second-order valence-corrected chi connectivity index (χ2v) is 7.40. The van der Waals surface area contributed by atoms with Crippen molar-refractivity contribution in [1.82, 2.24) is 15.2 Å². The Balaban J connectivity index is 1.63. The van der Waals surface area contributed by atoms with Gasteiger partial charge in [-0.15, -0.1) is 10.2 Å². The van der Waals surface area contributed by atoms with E-state index in [0.29, 0.717) is 33.9 Å². The molecule has 0 saturated carbocycles. The van der Waals surface area contributed by atoms with Crippen molar-refractivity contribution >= 4 is 22.6 Å². The fourth-order valence-corrected chi connectivity index (χ4v) is 3.63. The minimum absolute atomic E-state index is 0.307. The summed E-state index contributed by atoms with van der Waals surface area (Å²) in [6.45, 7) is -0.488. The lowest BCUT2D eigenvalue weighted by atomic mass is 9.90. The Morgan fingerprint density at radius 2 is 1.69 bits per heavy atom. The van der Waals surface area contributed by atoms with Gasteiger partial charge < -0.3 is 25.2 Å². The van der Waals surface area contributed by atoms with Gasteiger partial charge in [-0.1, -0.05) is 35.9 Å². The third-order valence-corrected chi connectivity index (χ3v) is 5.41. The van der Waals surface area contributed by atoms with Crippen LogP contribution in [0.5, 0.6) is 0 Å². The van der Waals surface area contributed by atoms with Gasteiger partial charge in [-0.05, 0) is 29.3 Å². The zero-order valence-corrected chi connectivity index (χ0v) is 16.0. The molecule has 1 saturated heterocycles. The molecule has 1 aliphatic heterocycles. The monoisotopic (exact) mass is 417 g/mol. The van der Waals surface area contributed by atoms with Gasteiger partial charge in [-0.3, -0.25) is 0 Å². The molecule has 5 atom stereocenters. The van der Waals surface area contributed by atoms with E-state index in [2.05, 4.69) is 15.2 Å².